The smallest absolute Gasteiger partial charge is 0.408 e. The second kappa shape index (κ2) is 14.5. The Hall–Kier alpha value is -4.20. The van der Waals surface area contributed by atoms with E-state index in [0.717, 1.165) is 42.1 Å². The standard InChI is InChI=1S/C40H53N5O8S/c1-25-33(46)29(28-12-9-10-13-30(28)41-25)16-15-26-23-32-34(47)43-40(36(49)44-54(51,52)39(3)21-22-39)18-17-27(40)11-7-5-4-6-8-14-31(35(48)45(32)24-26)42-37(50)53-38(2)19-20-38/h7,9-13,26-27,31-32,46H,4-6,8,14-24H2,1-3H3,(H,42,50)(H,43,47)(H,44,49). The van der Waals surface area contributed by atoms with E-state index in [1.54, 1.807) is 13.8 Å². The molecular weight excluding hydrogens is 711 g/mol. The van der Waals surface area contributed by atoms with Gasteiger partial charge in [0.2, 0.25) is 21.8 Å². The van der Waals surface area contributed by atoms with Crippen LogP contribution >= 0.6 is 0 Å². The number of aromatic hydroxyl groups is 1. The Morgan fingerprint density at radius 2 is 1.81 bits per heavy atom. The van der Waals surface area contributed by atoms with Crippen LogP contribution in [0.25, 0.3) is 10.9 Å². The number of alkyl carbamates (subject to hydrolysis) is 1. The molecule has 4 N–H and O–H groups in total. The van der Waals surface area contributed by atoms with E-state index in [0.29, 0.717) is 57.1 Å². The van der Waals surface area contributed by atoms with Crippen LogP contribution in [0.1, 0.15) is 109 Å². The summed E-state index contributed by atoms with van der Waals surface area (Å²) in [6.07, 6.45) is 11.1. The van der Waals surface area contributed by atoms with Gasteiger partial charge in [-0.25, -0.2) is 18.2 Å². The van der Waals surface area contributed by atoms with Crippen LogP contribution in [0.15, 0.2) is 36.4 Å². The molecule has 0 bridgehead atoms. The van der Waals surface area contributed by atoms with Gasteiger partial charge in [-0.1, -0.05) is 43.2 Å². The number of benzene rings is 1. The highest BCUT2D eigenvalue weighted by Gasteiger charge is 2.58. The molecule has 1 aromatic carbocycles. The third-order valence-corrected chi connectivity index (χ3v) is 14.8. The van der Waals surface area contributed by atoms with Crippen LogP contribution in [0.5, 0.6) is 5.75 Å². The van der Waals surface area contributed by atoms with E-state index in [1.165, 1.54) is 4.90 Å². The first kappa shape index (κ1) is 38.1. The van der Waals surface area contributed by atoms with Crippen molar-refractivity contribution in [1.82, 2.24) is 25.2 Å². The predicted octanol–water partition coefficient (Wildman–Crippen LogP) is 4.83. The Balaban J connectivity index is 1.18. The number of nitrogens with zero attached hydrogens (tertiary/aromatic N) is 2. The lowest BCUT2D eigenvalue weighted by Crippen LogP contribution is -2.70. The average molecular weight is 764 g/mol. The van der Waals surface area contributed by atoms with Crippen molar-refractivity contribution in [1.29, 1.82) is 0 Å². The van der Waals surface area contributed by atoms with Gasteiger partial charge >= 0.3 is 6.09 Å². The summed E-state index contributed by atoms with van der Waals surface area (Å²) in [5.41, 5.74) is -0.00918. The Morgan fingerprint density at radius 3 is 2.52 bits per heavy atom. The first-order valence-electron chi connectivity index (χ1n) is 19.6. The monoisotopic (exact) mass is 763 g/mol. The molecule has 5 atom stereocenters. The van der Waals surface area contributed by atoms with Crippen molar-refractivity contribution in [3.63, 3.8) is 0 Å². The van der Waals surface area contributed by atoms with Gasteiger partial charge in [0.15, 0.2) is 0 Å². The van der Waals surface area contributed by atoms with Gasteiger partial charge in [0, 0.05) is 23.4 Å². The largest absolute Gasteiger partial charge is 0.506 e. The second-order valence-electron chi connectivity index (χ2n) is 16.8. The Kier molecular flexibility index (Phi) is 10.2. The normalized spacial score (nSPS) is 29.1. The molecule has 3 aliphatic carbocycles. The maximum atomic E-state index is 14.6. The highest BCUT2D eigenvalue weighted by Crippen LogP contribution is 2.45. The van der Waals surface area contributed by atoms with Crippen molar-refractivity contribution in [3.8, 4) is 5.75 Å². The van der Waals surface area contributed by atoms with Gasteiger partial charge in [0.25, 0.3) is 5.91 Å². The molecule has 14 heteroatoms. The van der Waals surface area contributed by atoms with E-state index in [4.69, 9.17) is 4.74 Å². The average Bonchev–Trinajstić information content (AvgIpc) is 4.01. The molecule has 1 aromatic heterocycles. The quantitative estimate of drug-likeness (QED) is 0.274. The van der Waals surface area contributed by atoms with E-state index in [-0.39, 0.29) is 31.1 Å². The van der Waals surface area contributed by atoms with Crippen LogP contribution in [0.3, 0.4) is 0 Å². The van der Waals surface area contributed by atoms with E-state index in [1.807, 2.05) is 43.3 Å². The summed E-state index contributed by atoms with van der Waals surface area (Å²) in [6.45, 7) is 5.44. The molecule has 4 amide bonds. The number of carbonyl (C=O) groups excluding carboxylic acids is 4. The van der Waals surface area contributed by atoms with Gasteiger partial charge in [0.05, 0.1) is 16.0 Å². The molecule has 5 aliphatic rings. The molecule has 3 heterocycles. The second-order valence-corrected chi connectivity index (χ2v) is 19.0. The zero-order valence-corrected chi connectivity index (χ0v) is 32.3. The minimum Gasteiger partial charge on any atom is -0.506 e. The van der Waals surface area contributed by atoms with E-state index in [9.17, 15) is 32.7 Å². The van der Waals surface area contributed by atoms with Crippen LogP contribution < -0.4 is 15.4 Å². The van der Waals surface area contributed by atoms with Crippen molar-refractivity contribution in [3.05, 3.63) is 47.7 Å². The molecule has 2 aromatic rings. The SMILES string of the molecule is Cc1nc2ccccc2c(CCC2CC3C(=O)NC4(C(=O)NS(=O)(=O)C5(C)CC5)CCC4C=CCCCCCC(NC(=O)OC4(C)CC4)C(=O)N3C2)c1O. The summed E-state index contributed by atoms with van der Waals surface area (Å²) in [6, 6.07) is 5.69. The van der Waals surface area contributed by atoms with Gasteiger partial charge in [0.1, 0.15) is 29.0 Å². The van der Waals surface area contributed by atoms with Crippen LogP contribution in [-0.2, 0) is 35.6 Å². The number of hydrogen-bond acceptors (Lipinski definition) is 9. The van der Waals surface area contributed by atoms with Crippen molar-refractivity contribution >= 4 is 44.7 Å². The topological polar surface area (TPSA) is 184 Å². The third-order valence-electron chi connectivity index (χ3n) is 12.6. The molecular formula is C40H53N5O8S. The van der Waals surface area contributed by atoms with E-state index < -0.39 is 67.7 Å². The lowest BCUT2D eigenvalue weighted by atomic mass is 9.65. The number of pyridine rings is 1. The van der Waals surface area contributed by atoms with Gasteiger partial charge in [-0.05, 0) is 110 Å². The first-order chi connectivity index (χ1) is 25.6. The number of amides is 4. The minimum atomic E-state index is -3.98. The number of carbonyl (C=O) groups is 4. The van der Waals surface area contributed by atoms with E-state index in [2.05, 4.69) is 20.3 Å². The molecule has 292 valence electrons. The van der Waals surface area contributed by atoms with Crippen molar-refractivity contribution in [2.45, 2.75) is 139 Å². The molecule has 13 nitrogen and oxygen atoms in total. The Bertz CT molecular complexity index is 1970. The van der Waals surface area contributed by atoms with Crippen LogP contribution in [0.2, 0.25) is 0 Å². The number of fused-ring (bicyclic) bond motifs is 3. The zero-order valence-electron chi connectivity index (χ0n) is 31.5. The van der Waals surface area contributed by atoms with Crippen LogP contribution in [0.4, 0.5) is 4.79 Å². The fourth-order valence-corrected chi connectivity index (χ4v) is 9.56. The number of aromatic nitrogens is 1. The fourth-order valence-electron chi connectivity index (χ4n) is 8.25. The fraction of sp³-hybridized carbons (Fsp3) is 0.625. The number of rotatable bonds is 8. The highest BCUT2D eigenvalue weighted by atomic mass is 32.2. The van der Waals surface area contributed by atoms with Crippen LogP contribution in [-0.4, -0.2) is 81.7 Å². The lowest BCUT2D eigenvalue weighted by molar-refractivity contribution is -0.144. The molecule has 0 radical (unpaired) electrons. The third kappa shape index (κ3) is 7.54. The maximum absolute atomic E-state index is 14.6. The molecule has 54 heavy (non-hydrogen) atoms. The molecule has 2 aliphatic heterocycles. The number of sulfonamides is 1. The zero-order chi connectivity index (χ0) is 38.5. The van der Waals surface area contributed by atoms with Crippen LogP contribution in [0, 0.1) is 18.8 Å². The number of allylic oxidation sites excluding steroid dienone is 1. The summed E-state index contributed by atoms with van der Waals surface area (Å²) in [7, 11) is -3.98. The lowest BCUT2D eigenvalue weighted by Gasteiger charge is -2.48. The minimum absolute atomic E-state index is 0.120. The summed E-state index contributed by atoms with van der Waals surface area (Å²) in [5.74, 6) is -2.16. The van der Waals surface area contributed by atoms with Crippen molar-refractivity contribution < 1.29 is 37.4 Å². The molecule has 3 saturated carbocycles. The molecule has 1 saturated heterocycles. The molecule has 7 rings (SSSR count). The highest BCUT2D eigenvalue weighted by molar-refractivity contribution is 7.91. The number of para-hydroxylation sites is 1. The summed E-state index contributed by atoms with van der Waals surface area (Å²) in [4.78, 5) is 62.3. The molecule has 5 unspecified atom stereocenters. The number of ether oxygens (including phenoxy) is 1. The number of aryl methyl sites for hydroxylation is 2. The molecule has 0 spiro atoms. The Labute approximate surface area is 317 Å². The number of hydrogen-bond donors (Lipinski definition) is 4. The van der Waals surface area contributed by atoms with Gasteiger partial charge in [-0.2, -0.15) is 0 Å². The number of nitrogens with one attached hydrogen (secondary N) is 3. The van der Waals surface area contributed by atoms with Gasteiger partial charge in [-0.15, -0.1) is 0 Å². The summed E-state index contributed by atoms with van der Waals surface area (Å²) >= 11 is 0. The first-order valence-corrected chi connectivity index (χ1v) is 21.0. The van der Waals surface area contributed by atoms with Crippen molar-refractivity contribution in [2.24, 2.45) is 11.8 Å². The summed E-state index contributed by atoms with van der Waals surface area (Å²) < 4.78 is 33.4. The predicted molar refractivity (Wildman–Crippen MR) is 202 cm³/mol. The van der Waals surface area contributed by atoms with Gasteiger partial charge in [-0.3, -0.25) is 19.1 Å². The van der Waals surface area contributed by atoms with Gasteiger partial charge < -0.3 is 25.4 Å². The molecule has 4 fully saturated rings. The van der Waals surface area contributed by atoms with Crippen molar-refractivity contribution in [2.75, 3.05) is 6.54 Å². The van der Waals surface area contributed by atoms with E-state index >= 15 is 0 Å². The maximum Gasteiger partial charge on any atom is 0.408 e. The summed E-state index contributed by atoms with van der Waals surface area (Å²) in [5, 5.41) is 17.7. The Morgan fingerprint density at radius 1 is 1.06 bits per heavy atom.